The summed E-state index contributed by atoms with van der Waals surface area (Å²) in [4.78, 5) is 34.1. The second-order valence-electron chi connectivity index (χ2n) is 4.60. The molecule has 0 saturated heterocycles. The van der Waals surface area contributed by atoms with Gasteiger partial charge in [0.2, 0.25) is 11.6 Å². The number of carbonyl (C=O) groups excluding carboxylic acids is 1. The molecule has 3 N–H and O–H groups in total. The zero-order valence-corrected chi connectivity index (χ0v) is 12.5. The number of anilines is 3. The summed E-state index contributed by atoms with van der Waals surface area (Å²) in [5.41, 5.74) is 4.74. The standard InChI is InChI=1S/C14H11N7O4/c22-14(10-4-2-6-25-10)20-19-13-11(21(23)24)12(16-8-17-13)18-9-3-1-5-15-7-9/h1-8H,(H,20,22)(H2,16,17,18,19). The summed E-state index contributed by atoms with van der Waals surface area (Å²) in [5.74, 6) is -0.813. The number of amides is 1. The van der Waals surface area contributed by atoms with E-state index in [1.54, 1.807) is 18.3 Å². The van der Waals surface area contributed by atoms with Gasteiger partial charge in [0.25, 0.3) is 0 Å². The molecule has 3 heterocycles. The lowest BCUT2D eigenvalue weighted by Crippen LogP contribution is -2.30. The number of rotatable bonds is 6. The van der Waals surface area contributed by atoms with Crippen LogP contribution in [0, 0.1) is 10.1 Å². The average Bonchev–Trinajstić information content (AvgIpc) is 3.15. The fourth-order valence-corrected chi connectivity index (χ4v) is 1.89. The van der Waals surface area contributed by atoms with Crippen molar-refractivity contribution in [2.45, 2.75) is 0 Å². The minimum Gasteiger partial charge on any atom is -0.459 e. The highest BCUT2D eigenvalue weighted by molar-refractivity contribution is 5.92. The van der Waals surface area contributed by atoms with Crippen LogP contribution in [0.25, 0.3) is 0 Å². The Morgan fingerprint density at radius 1 is 1.20 bits per heavy atom. The highest BCUT2D eigenvalue weighted by atomic mass is 16.6. The summed E-state index contributed by atoms with van der Waals surface area (Å²) in [6.45, 7) is 0. The predicted octanol–water partition coefficient (Wildman–Crippen LogP) is 1.87. The number of pyridine rings is 1. The molecule has 3 aromatic rings. The summed E-state index contributed by atoms with van der Waals surface area (Å²) in [5, 5.41) is 14.2. The van der Waals surface area contributed by atoms with Gasteiger partial charge in [0.1, 0.15) is 6.33 Å². The van der Waals surface area contributed by atoms with Crippen molar-refractivity contribution in [1.29, 1.82) is 0 Å². The lowest BCUT2D eigenvalue weighted by atomic mass is 10.4. The summed E-state index contributed by atoms with van der Waals surface area (Å²) in [6.07, 6.45) is 5.50. The summed E-state index contributed by atoms with van der Waals surface area (Å²) in [6, 6.07) is 6.32. The average molecular weight is 341 g/mol. The molecule has 3 rings (SSSR count). The zero-order chi connectivity index (χ0) is 17.6. The smallest absolute Gasteiger partial charge is 0.355 e. The maximum Gasteiger partial charge on any atom is 0.355 e. The van der Waals surface area contributed by atoms with E-state index < -0.39 is 16.5 Å². The molecule has 11 heteroatoms. The molecular formula is C14H11N7O4. The largest absolute Gasteiger partial charge is 0.459 e. The number of furan rings is 1. The molecule has 0 bridgehead atoms. The molecule has 25 heavy (non-hydrogen) atoms. The maximum absolute atomic E-state index is 11.8. The lowest BCUT2D eigenvalue weighted by molar-refractivity contribution is -0.383. The van der Waals surface area contributed by atoms with Crippen LogP contribution in [0.1, 0.15) is 10.6 Å². The maximum atomic E-state index is 11.8. The van der Waals surface area contributed by atoms with Crippen LogP contribution in [0.5, 0.6) is 0 Å². The van der Waals surface area contributed by atoms with Gasteiger partial charge in [0, 0.05) is 6.20 Å². The third-order valence-corrected chi connectivity index (χ3v) is 2.97. The van der Waals surface area contributed by atoms with E-state index >= 15 is 0 Å². The van der Waals surface area contributed by atoms with E-state index in [-0.39, 0.29) is 17.4 Å². The number of hydrazine groups is 1. The number of nitrogens with one attached hydrogen (secondary N) is 3. The first-order valence-corrected chi connectivity index (χ1v) is 6.91. The minimum atomic E-state index is -0.667. The van der Waals surface area contributed by atoms with Gasteiger partial charge in [-0.05, 0) is 24.3 Å². The fourth-order valence-electron chi connectivity index (χ4n) is 1.89. The second-order valence-corrected chi connectivity index (χ2v) is 4.60. The number of nitrogens with zero attached hydrogens (tertiary/aromatic N) is 4. The number of hydrogen-bond donors (Lipinski definition) is 3. The Kier molecular flexibility index (Phi) is 4.46. The molecule has 0 fully saturated rings. The van der Waals surface area contributed by atoms with Gasteiger partial charge in [-0.25, -0.2) is 9.97 Å². The van der Waals surface area contributed by atoms with Crippen LogP contribution in [0.15, 0.2) is 53.7 Å². The van der Waals surface area contributed by atoms with Crippen molar-refractivity contribution in [2.75, 3.05) is 10.7 Å². The van der Waals surface area contributed by atoms with E-state index in [1.165, 1.54) is 24.6 Å². The SMILES string of the molecule is O=C(NNc1ncnc(Nc2cccnc2)c1[N+](=O)[O-])c1ccco1. The second kappa shape index (κ2) is 7.04. The van der Waals surface area contributed by atoms with Gasteiger partial charge < -0.3 is 9.73 Å². The van der Waals surface area contributed by atoms with Gasteiger partial charge in [-0.15, -0.1) is 0 Å². The number of hydrogen-bond acceptors (Lipinski definition) is 9. The number of aromatic nitrogens is 3. The third-order valence-electron chi connectivity index (χ3n) is 2.97. The minimum absolute atomic E-state index is 0.0397. The van der Waals surface area contributed by atoms with Crippen molar-refractivity contribution in [1.82, 2.24) is 20.4 Å². The molecule has 0 aliphatic carbocycles. The van der Waals surface area contributed by atoms with Crippen LogP contribution in [0.2, 0.25) is 0 Å². The molecule has 0 aliphatic heterocycles. The molecule has 0 radical (unpaired) electrons. The molecule has 0 aliphatic rings. The van der Waals surface area contributed by atoms with E-state index in [1.807, 2.05) is 0 Å². The molecule has 126 valence electrons. The summed E-state index contributed by atoms with van der Waals surface area (Å²) >= 11 is 0. The quantitative estimate of drug-likeness (QED) is 0.451. The van der Waals surface area contributed by atoms with Gasteiger partial charge in [0.05, 0.1) is 23.1 Å². The van der Waals surface area contributed by atoms with Crippen molar-refractivity contribution in [3.63, 3.8) is 0 Å². The molecule has 1 amide bonds. The van der Waals surface area contributed by atoms with Crippen LogP contribution in [0.3, 0.4) is 0 Å². The van der Waals surface area contributed by atoms with Crippen molar-refractivity contribution >= 4 is 28.9 Å². The third kappa shape index (κ3) is 3.67. The van der Waals surface area contributed by atoms with E-state index in [0.717, 1.165) is 6.33 Å². The topological polar surface area (TPSA) is 148 Å². The predicted molar refractivity (Wildman–Crippen MR) is 86.0 cm³/mol. The van der Waals surface area contributed by atoms with Crippen molar-refractivity contribution in [3.8, 4) is 0 Å². The van der Waals surface area contributed by atoms with Crippen LogP contribution < -0.4 is 16.2 Å². The van der Waals surface area contributed by atoms with Gasteiger partial charge in [-0.1, -0.05) is 0 Å². The Bertz CT molecular complexity index is 883. The Morgan fingerprint density at radius 3 is 2.72 bits per heavy atom. The molecule has 0 saturated carbocycles. The van der Waals surface area contributed by atoms with Crippen LogP contribution in [-0.2, 0) is 0 Å². The van der Waals surface area contributed by atoms with Crippen molar-refractivity contribution < 1.29 is 14.1 Å². The first-order valence-electron chi connectivity index (χ1n) is 6.91. The lowest BCUT2D eigenvalue weighted by Gasteiger charge is -2.10. The van der Waals surface area contributed by atoms with Gasteiger partial charge in [0.15, 0.2) is 5.76 Å². The zero-order valence-electron chi connectivity index (χ0n) is 12.5. The van der Waals surface area contributed by atoms with Gasteiger partial charge in [-0.3, -0.25) is 30.7 Å². The van der Waals surface area contributed by atoms with Crippen LogP contribution in [0.4, 0.5) is 23.0 Å². The van der Waals surface area contributed by atoms with E-state index in [9.17, 15) is 14.9 Å². The highest BCUT2D eigenvalue weighted by Gasteiger charge is 2.24. The molecular weight excluding hydrogens is 330 g/mol. The van der Waals surface area contributed by atoms with E-state index in [2.05, 4.69) is 31.1 Å². The van der Waals surface area contributed by atoms with Crippen LogP contribution in [-0.4, -0.2) is 25.8 Å². The molecule has 0 aromatic carbocycles. The van der Waals surface area contributed by atoms with E-state index in [4.69, 9.17) is 4.42 Å². The number of nitro groups is 1. The van der Waals surface area contributed by atoms with Crippen LogP contribution >= 0.6 is 0 Å². The normalized spacial score (nSPS) is 10.1. The first-order chi connectivity index (χ1) is 12.1. The molecule has 3 aromatic heterocycles. The number of carbonyl (C=O) groups is 1. The van der Waals surface area contributed by atoms with E-state index in [0.29, 0.717) is 5.69 Å². The monoisotopic (exact) mass is 341 g/mol. The molecule has 0 unspecified atom stereocenters. The van der Waals surface area contributed by atoms with Crippen molar-refractivity contribution in [3.05, 3.63) is 65.1 Å². The molecule has 11 nitrogen and oxygen atoms in total. The van der Waals surface area contributed by atoms with Gasteiger partial charge in [-0.2, -0.15) is 0 Å². The summed E-state index contributed by atoms with van der Waals surface area (Å²) in [7, 11) is 0. The Hall–Kier alpha value is -4.02. The Balaban J connectivity index is 1.82. The summed E-state index contributed by atoms with van der Waals surface area (Å²) < 4.78 is 4.93. The molecule has 0 spiro atoms. The Morgan fingerprint density at radius 2 is 2.04 bits per heavy atom. The fraction of sp³-hybridized carbons (Fsp3) is 0. The highest BCUT2D eigenvalue weighted by Crippen LogP contribution is 2.30. The first kappa shape index (κ1) is 15.9. The Labute approximate surface area is 140 Å². The van der Waals surface area contributed by atoms with Gasteiger partial charge >= 0.3 is 11.6 Å². The van der Waals surface area contributed by atoms with Crippen molar-refractivity contribution in [2.24, 2.45) is 0 Å². The molecule has 0 atom stereocenters.